The van der Waals surface area contributed by atoms with Gasteiger partial charge in [0.1, 0.15) is 13.2 Å². The summed E-state index contributed by atoms with van der Waals surface area (Å²) in [6.07, 6.45) is 79.5. The van der Waals surface area contributed by atoms with Crippen LogP contribution >= 0.6 is 0 Å². The molecule has 74 heavy (non-hydrogen) atoms. The fourth-order valence-corrected chi connectivity index (χ4v) is 9.43. The van der Waals surface area contributed by atoms with Crippen molar-refractivity contribution >= 4 is 17.9 Å². The van der Waals surface area contributed by atoms with Crippen LogP contribution in [0.25, 0.3) is 0 Å². The quantitative estimate of drug-likeness (QED) is 0.0261. The summed E-state index contributed by atoms with van der Waals surface area (Å²) in [5, 5.41) is 0. The van der Waals surface area contributed by atoms with Crippen molar-refractivity contribution in [3.63, 3.8) is 0 Å². The molecule has 0 heterocycles. The number of hydrogen-bond donors (Lipinski definition) is 0. The van der Waals surface area contributed by atoms with Crippen LogP contribution in [0.3, 0.4) is 0 Å². The van der Waals surface area contributed by atoms with E-state index >= 15 is 0 Å². The molecule has 0 aliphatic rings. The minimum Gasteiger partial charge on any atom is -0.462 e. The number of carbonyl (C=O) groups excluding carboxylic acids is 3. The van der Waals surface area contributed by atoms with Crippen molar-refractivity contribution in [2.75, 3.05) is 13.2 Å². The Bertz CT molecular complexity index is 1330. The van der Waals surface area contributed by atoms with Gasteiger partial charge in [0, 0.05) is 19.3 Å². The van der Waals surface area contributed by atoms with E-state index in [4.69, 9.17) is 14.2 Å². The van der Waals surface area contributed by atoms with E-state index in [-0.39, 0.29) is 31.1 Å². The molecular weight excluding hydrogens is 913 g/mol. The second kappa shape index (κ2) is 62.6. The first kappa shape index (κ1) is 71.1. The lowest BCUT2D eigenvalue weighted by atomic mass is 10.0. The Kier molecular flexibility index (Phi) is 60.2. The molecule has 430 valence electrons. The lowest BCUT2D eigenvalue weighted by Crippen LogP contribution is -2.30. The number of unbranched alkanes of at least 4 members (excludes halogenated alkanes) is 38. The summed E-state index contributed by atoms with van der Waals surface area (Å²) in [5.41, 5.74) is 0. The molecule has 0 N–H and O–H groups in total. The molecule has 1 unspecified atom stereocenters. The van der Waals surface area contributed by atoms with E-state index in [1.54, 1.807) is 0 Å². The van der Waals surface area contributed by atoms with E-state index in [1.807, 2.05) is 0 Å². The summed E-state index contributed by atoms with van der Waals surface area (Å²) < 4.78 is 16.9. The normalized spacial score (nSPS) is 12.4. The maximum Gasteiger partial charge on any atom is 0.306 e. The topological polar surface area (TPSA) is 78.9 Å². The van der Waals surface area contributed by atoms with Crippen LogP contribution in [-0.4, -0.2) is 37.2 Å². The van der Waals surface area contributed by atoms with Crippen LogP contribution in [0.15, 0.2) is 60.8 Å². The SMILES string of the molecule is CC/C=C\C/C=C\C/C=C\C/C=C\CCCCCCCCCCCCCCCCCCC(=O)OCC(COC(=O)CCCCCCCCCCCCCCC)OC(=O)CCCCCCC/C=C\CCCCCCC. The molecule has 6 heteroatoms. The average molecular weight is 1040 g/mol. The van der Waals surface area contributed by atoms with Gasteiger partial charge in [0.15, 0.2) is 6.10 Å². The first-order valence-corrected chi connectivity index (χ1v) is 32.3. The largest absolute Gasteiger partial charge is 0.462 e. The van der Waals surface area contributed by atoms with E-state index in [0.717, 1.165) is 89.9 Å². The summed E-state index contributed by atoms with van der Waals surface area (Å²) >= 11 is 0. The zero-order valence-electron chi connectivity index (χ0n) is 49.4. The van der Waals surface area contributed by atoms with Crippen molar-refractivity contribution in [1.29, 1.82) is 0 Å². The highest BCUT2D eigenvalue weighted by molar-refractivity contribution is 5.71. The van der Waals surface area contributed by atoms with E-state index in [2.05, 4.69) is 81.5 Å². The molecule has 0 aromatic carbocycles. The Morgan fingerprint density at radius 1 is 0.284 bits per heavy atom. The van der Waals surface area contributed by atoms with Crippen molar-refractivity contribution in [3.05, 3.63) is 60.8 Å². The molecule has 0 aliphatic carbocycles. The molecule has 0 amide bonds. The summed E-state index contributed by atoms with van der Waals surface area (Å²) in [6.45, 7) is 6.55. The van der Waals surface area contributed by atoms with Crippen LogP contribution in [0.4, 0.5) is 0 Å². The van der Waals surface area contributed by atoms with E-state index in [9.17, 15) is 14.4 Å². The highest BCUT2D eigenvalue weighted by Crippen LogP contribution is 2.17. The van der Waals surface area contributed by atoms with Gasteiger partial charge in [-0.1, -0.05) is 293 Å². The van der Waals surface area contributed by atoms with Gasteiger partial charge in [-0.2, -0.15) is 0 Å². The molecule has 0 saturated heterocycles. The molecule has 1 atom stereocenters. The van der Waals surface area contributed by atoms with E-state index in [0.29, 0.717) is 19.3 Å². The number of carbonyl (C=O) groups is 3. The Morgan fingerprint density at radius 3 is 0.838 bits per heavy atom. The van der Waals surface area contributed by atoms with E-state index in [1.165, 1.54) is 205 Å². The Labute approximate surface area is 460 Å². The van der Waals surface area contributed by atoms with Gasteiger partial charge in [-0.25, -0.2) is 0 Å². The van der Waals surface area contributed by atoms with Gasteiger partial charge in [-0.15, -0.1) is 0 Å². The van der Waals surface area contributed by atoms with Crippen LogP contribution in [-0.2, 0) is 28.6 Å². The van der Waals surface area contributed by atoms with Crippen molar-refractivity contribution < 1.29 is 28.6 Å². The molecule has 0 radical (unpaired) electrons. The summed E-state index contributed by atoms with van der Waals surface area (Å²) in [6, 6.07) is 0. The van der Waals surface area contributed by atoms with Crippen LogP contribution in [0.5, 0.6) is 0 Å². The van der Waals surface area contributed by atoms with Gasteiger partial charge in [0.25, 0.3) is 0 Å². The Morgan fingerprint density at radius 2 is 0.527 bits per heavy atom. The first-order valence-electron chi connectivity index (χ1n) is 32.3. The number of hydrogen-bond acceptors (Lipinski definition) is 6. The van der Waals surface area contributed by atoms with Crippen molar-refractivity contribution in [3.8, 4) is 0 Å². The number of allylic oxidation sites excluding steroid dienone is 10. The average Bonchev–Trinajstić information content (AvgIpc) is 3.40. The van der Waals surface area contributed by atoms with Gasteiger partial charge < -0.3 is 14.2 Å². The number of rotatable bonds is 59. The molecule has 0 aromatic rings. The van der Waals surface area contributed by atoms with Gasteiger partial charge >= 0.3 is 17.9 Å². The third kappa shape index (κ3) is 60.0. The molecule has 0 bridgehead atoms. The lowest BCUT2D eigenvalue weighted by Gasteiger charge is -2.18. The van der Waals surface area contributed by atoms with E-state index < -0.39 is 6.10 Å². The molecule has 0 rings (SSSR count). The third-order valence-electron chi connectivity index (χ3n) is 14.3. The van der Waals surface area contributed by atoms with Gasteiger partial charge in [0.2, 0.25) is 0 Å². The van der Waals surface area contributed by atoms with Crippen molar-refractivity contribution in [1.82, 2.24) is 0 Å². The predicted molar refractivity (Wildman–Crippen MR) is 321 cm³/mol. The predicted octanol–water partition coefficient (Wildman–Crippen LogP) is 21.9. The van der Waals surface area contributed by atoms with Crippen LogP contribution in [0, 0.1) is 0 Å². The molecule has 0 aromatic heterocycles. The molecular formula is C68H122O6. The Hall–Kier alpha value is -2.89. The fourth-order valence-electron chi connectivity index (χ4n) is 9.43. The third-order valence-corrected chi connectivity index (χ3v) is 14.3. The van der Waals surface area contributed by atoms with Crippen molar-refractivity contribution in [2.24, 2.45) is 0 Å². The Balaban J connectivity index is 4.17. The second-order valence-corrected chi connectivity index (χ2v) is 21.6. The lowest BCUT2D eigenvalue weighted by molar-refractivity contribution is -0.167. The molecule has 6 nitrogen and oxygen atoms in total. The van der Waals surface area contributed by atoms with Gasteiger partial charge in [-0.05, 0) is 83.5 Å². The standard InChI is InChI=1S/C68H122O6/c1-4-7-10-13-16-19-22-25-27-28-29-30-31-32-33-34-35-36-37-38-39-40-41-44-46-49-52-55-58-61-67(70)73-64-65(63-72-66(69)60-57-54-51-48-45-42-24-21-18-15-12-9-6-3)74-68(71)62-59-56-53-50-47-43-26-23-20-17-14-11-8-5-2/h7,10,16,19,23,25-27,29-30,65H,4-6,8-9,11-15,17-18,20-22,24,28,31-64H2,1-3H3/b10-7-,19-16-,26-23-,27-25-,30-29-. The van der Waals surface area contributed by atoms with Gasteiger partial charge in [-0.3, -0.25) is 14.4 Å². The van der Waals surface area contributed by atoms with Crippen molar-refractivity contribution in [2.45, 2.75) is 341 Å². The second-order valence-electron chi connectivity index (χ2n) is 21.6. The van der Waals surface area contributed by atoms with Crippen LogP contribution < -0.4 is 0 Å². The summed E-state index contributed by atoms with van der Waals surface area (Å²) in [5.74, 6) is -0.862. The number of ether oxygens (including phenoxy) is 3. The smallest absolute Gasteiger partial charge is 0.306 e. The maximum atomic E-state index is 12.9. The maximum absolute atomic E-state index is 12.9. The monoisotopic (exact) mass is 1030 g/mol. The minimum atomic E-state index is -0.775. The zero-order chi connectivity index (χ0) is 53.6. The highest BCUT2D eigenvalue weighted by Gasteiger charge is 2.19. The number of esters is 3. The molecule has 0 fully saturated rings. The molecule has 0 aliphatic heterocycles. The highest BCUT2D eigenvalue weighted by atomic mass is 16.6. The fraction of sp³-hybridized carbons (Fsp3) is 0.809. The minimum absolute atomic E-state index is 0.0723. The molecule has 0 saturated carbocycles. The summed E-state index contributed by atoms with van der Waals surface area (Å²) in [7, 11) is 0. The first-order chi connectivity index (χ1) is 36.5. The van der Waals surface area contributed by atoms with Gasteiger partial charge in [0.05, 0.1) is 0 Å². The van der Waals surface area contributed by atoms with Crippen LogP contribution in [0.1, 0.15) is 335 Å². The van der Waals surface area contributed by atoms with Crippen LogP contribution in [0.2, 0.25) is 0 Å². The zero-order valence-corrected chi connectivity index (χ0v) is 49.4. The summed E-state index contributed by atoms with van der Waals surface area (Å²) in [4.78, 5) is 38.2. The molecule has 0 spiro atoms.